The Morgan fingerprint density at radius 3 is 2.70 bits per heavy atom. The standard InChI is InChI=1S/C21H22FN5O3/c1-30-9-3-2-8-25-20(28)15-5-7-19(26-13-15)27-21(29)17(12-24)16-6-4-14(11-23)10-18(16)22/h4-7,10,12-13H,2-3,8-9,24H2,1H3,(H,25,28)(H,26,27,29). The van der Waals surface area contributed by atoms with Crippen molar-refractivity contribution in [2.24, 2.45) is 5.73 Å². The van der Waals surface area contributed by atoms with Gasteiger partial charge in [0.1, 0.15) is 11.6 Å². The van der Waals surface area contributed by atoms with Crippen LogP contribution in [0.4, 0.5) is 10.2 Å². The van der Waals surface area contributed by atoms with E-state index in [2.05, 4.69) is 15.6 Å². The molecule has 0 unspecified atom stereocenters. The van der Waals surface area contributed by atoms with Crippen LogP contribution in [0.25, 0.3) is 5.57 Å². The van der Waals surface area contributed by atoms with Crippen molar-refractivity contribution in [3.8, 4) is 6.07 Å². The van der Waals surface area contributed by atoms with E-state index in [1.54, 1.807) is 7.11 Å². The molecule has 0 spiro atoms. The number of halogens is 1. The molecule has 30 heavy (non-hydrogen) atoms. The van der Waals surface area contributed by atoms with Crippen LogP contribution in [0.2, 0.25) is 0 Å². The number of aromatic nitrogens is 1. The minimum absolute atomic E-state index is 0.0431. The summed E-state index contributed by atoms with van der Waals surface area (Å²) in [6.07, 6.45) is 3.94. The lowest BCUT2D eigenvalue weighted by molar-refractivity contribution is -0.111. The van der Waals surface area contributed by atoms with Crippen LogP contribution in [0.15, 0.2) is 42.7 Å². The summed E-state index contributed by atoms with van der Waals surface area (Å²) in [5, 5.41) is 14.1. The summed E-state index contributed by atoms with van der Waals surface area (Å²) in [6, 6.07) is 8.50. The van der Waals surface area contributed by atoms with Crippen molar-refractivity contribution >= 4 is 23.2 Å². The molecule has 1 aromatic heterocycles. The molecule has 0 bridgehead atoms. The van der Waals surface area contributed by atoms with Gasteiger partial charge in [-0.1, -0.05) is 0 Å². The number of hydrogen-bond donors (Lipinski definition) is 3. The maximum Gasteiger partial charge on any atom is 0.258 e. The number of ether oxygens (including phenoxy) is 1. The predicted molar refractivity (Wildman–Crippen MR) is 110 cm³/mol. The maximum absolute atomic E-state index is 14.2. The number of amides is 2. The van der Waals surface area contributed by atoms with Crippen molar-refractivity contribution in [3.63, 3.8) is 0 Å². The van der Waals surface area contributed by atoms with E-state index in [1.165, 1.54) is 30.5 Å². The molecule has 2 aromatic rings. The van der Waals surface area contributed by atoms with Gasteiger partial charge in [0.05, 0.1) is 22.8 Å². The van der Waals surface area contributed by atoms with Crippen LogP contribution in [-0.4, -0.2) is 37.1 Å². The molecular formula is C21H22FN5O3. The van der Waals surface area contributed by atoms with Crippen molar-refractivity contribution in [2.45, 2.75) is 12.8 Å². The van der Waals surface area contributed by atoms with Crippen molar-refractivity contribution in [1.82, 2.24) is 10.3 Å². The highest BCUT2D eigenvalue weighted by molar-refractivity contribution is 6.25. The van der Waals surface area contributed by atoms with Gasteiger partial charge in [0.25, 0.3) is 11.8 Å². The molecule has 8 nitrogen and oxygen atoms in total. The first-order valence-electron chi connectivity index (χ1n) is 9.16. The van der Waals surface area contributed by atoms with E-state index in [4.69, 9.17) is 15.7 Å². The van der Waals surface area contributed by atoms with Crippen LogP contribution in [0.1, 0.15) is 34.3 Å². The number of pyridine rings is 1. The van der Waals surface area contributed by atoms with E-state index < -0.39 is 11.7 Å². The van der Waals surface area contributed by atoms with E-state index in [0.717, 1.165) is 25.1 Å². The molecule has 0 radical (unpaired) electrons. The zero-order chi connectivity index (χ0) is 21.9. The third kappa shape index (κ3) is 6.12. The molecule has 4 N–H and O–H groups in total. The number of carbonyl (C=O) groups is 2. The average molecular weight is 411 g/mol. The van der Waals surface area contributed by atoms with E-state index in [-0.39, 0.29) is 28.4 Å². The Hall–Kier alpha value is -3.77. The molecule has 2 rings (SSSR count). The number of nitriles is 1. The number of rotatable bonds is 9. The van der Waals surface area contributed by atoms with Crippen molar-refractivity contribution in [1.29, 1.82) is 5.26 Å². The summed E-state index contributed by atoms with van der Waals surface area (Å²) in [5.74, 6) is -1.53. The average Bonchev–Trinajstić information content (AvgIpc) is 2.75. The topological polar surface area (TPSA) is 130 Å². The number of carbonyl (C=O) groups excluding carboxylic acids is 2. The summed E-state index contributed by atoms with van der Waals surface area (Å²) in [4.78, 5) is 28.6. The first-order valence-corrected chi connectivity index (χ1v) is 9.16. The van der Waals surface area contributed by atoms with Gasteiger partial charge >= 0.3 is 0 Å². The van der Waals surface area contributed by atoms with Crippen molar-refractivity contribution < 1.29 is 18.7 Å². The molecule has 1 heterocycles. The molecule has 9 heteroatoms. The molecule has 2 amide bonds. The summed E-state index contributed by atoms with van der Waals surface area (Å²) in [5.41, 5.74) is 5.81. The minimum Gasteiger partial charge on any atom is -0.404 e. The number of unbranched alkanes of at least 4 members (excludes halogenated alkanes) is 1. The first kappa shape index (κ1) is 22.5. The lowest BCUT2D eigenvalue weighted by Gasteiger charge is -2.10. The Balaban J connectivity index is 1.99. The molecule has 0 aliphatic rings. The van der Waals surface area contributed by atoms with Gasteiger partial charge < -0.3 is 21.1 Å². The van der Waals surface area contributed by atoms with Gasteiger partial charge in [0.15, 0.2) is 0 Å². The van der Waals surface area contributed by atoms with Gasteiger partial charge in [-0.05, 0) is 43.2 Å². The predicted octanol–water partition coefficient (Wildman–Crippen LogP) is 2.19. The summed E-state index contributed by atoms with van der Waals surface area (Å²) >= 11 is 0. The van der Waals surface area contributed by atoms with E-state index in [1.807, 2.05) is 6.07 Å². The van der Waals surface area contributed by atoms with Gasteiger partial charge in [-0.15, -0.1) is 0 Å². The highest BCUT2D eigenvalue weighted by Crippen LogP contribution is 2.20. The SMILES string of the molecule is COCCCCNC(=O)c1ccc(NC(=O)C(=CN)c2ccc(C#N)cc2F)nc1. The smallest absolute Gasteiger partial charge is 0.258 e. The molecule has 0 saturated carbocycles. The molecule has 156 valence electrons. The summed E-state index contributed by atoms with van der Waals surface area (Å²) in [6.45, 7) is 1.15. The van der Waals surface area contributed by atoms with Gasteiger partial charge in [-0.2, -0.15) is 5.26 Å². The summed E-state index contributed by atoms with van der Waals surface area (Å²) < 4.78 is 19.1. The number of anilines is 1. The number of benzene rings is 1. The Labute approximate surface area is 173 Å². The van der Waals surface area contributed by atoms with Crippen molar-refractivity contribution in [2.75, 3.05) is 25.6 Å². The fraction of sp³-hybridized carbons (Fsp3) is 0.238. The molecule has 0 atom stereocenters. The van der Waals surface area contributed by atoms with Gasteiger partial charge in [-0.3, -0.25) is 9.59 Å². The molecule has 0 saturated heterocycles. The zero-order valence-electron chi connectivity index (χ0n) is 16.4. The normalized spacial score (nSPS) is 10.9. The van der Waals surface area contributed by atoms with Crippen LogP contribution >= 0.6 is 0 Å². The van der Waals surface area contributed by atoms with Crippen LogP contribution in [-0.2, 0) is 9.53 Å². The largest absolute Gasteiger partial charge is 0.404 e. The van der Waals surface area contributed by atoms with Crippen LogP contribution < -0.4 is 16.4 Å². The van der Waals surface area contributed by atoms with Gasteiger partial charge in [-0.25, -0.2) is 9.37 Å². The quantitative estimate of drug-likeness (QED) is 0.428. The van der Waals surface area contributed by atoms with E-state index in [9.17, 15) is 14.0 Å². The fourth-order valence-electron chi connectivity index (χ4n) is 2.55. The number of hydrogen-bond acceptors (Lipinski definition) is 6. The number of nitrogens with one attached hydrogen (secondary N) is 2. The van der Waals surface area contributed by atoms with Crippen LogP contribution in [0, 0.1) is 17.1 Å². The maximum atomic E-state index is 14.2. The molecule has 1 aromatic carbocycles. The highest BCUT2D eigenvalue weighted by Gasteiger charge is 2.17. The Morgan fingerprint density at radius 1 is 1.30 bits per heavy atom. The Morgan fingerprint density at radius 2 is 2.10 bits per heavy atom. The van der Waals surface area contributed by atoms with E-state index >= 15 is 0 Å². The van der Waals surface area contributed by atoms with Crippen LogP contribution in [0.5, 0.6) is 0 Å². The lowest BCUT2D eigenvalue weighted by atomic mass is 10.0. The molecule has 0 aliphatic carbocycles. The number of methoxy groups -OCH3 is 1. The minimum atomic E-state index is -0.744. The molecule has 0 fully saturated rings. The second-order valence-corrected chi connectivity index (χ2v) is 6.23. The Bertz CT molecular complexity index is 968. The highest BCUT2D eigenvalue weighted by atomic mass is 19.1. The van der Waals surface area contributed by atoms with Gasteiger partial charge in [0.2, 0.25) is 0 Å². The second kappa shape index (κ2) is 11.3. The lowest BCUT2D eigenvalue weighted by Crippen LogP contribution is -2.25. The third-order valence-corrected chi connectivity index (χ3v) is 4.13. The number of nitrogens with two attached hydrogens (primary N) is 1. The first-order chi connectivity index (χ1) is 14.5. The van der Waals surface area contributed by atoms with Crippen LogP contribution in [0.3, 0.4) is 0 Å². The second-order valence-electron chi connectivity index (χ2n) is 6.23. The fourth-order valence-corrected chi connectivity index (χ4v) is 2.55. The molecular weight excluding hydrogens is 389 g/mol. The van der Waals surface area contributed by atoms with E-state index in [0.29, 0.717) is 18.7 Å². The van der Waals surface area contributed by atoms with Crippen molar-refractivity contribution in [3.05, 3.63) is 65.2 Å². The Kier molecular flexibility index (Phi) is 8.47. The summed E-state index contributed by atoms with van der Waals surface area (Å²) in [7, 11) is 1.62. The monoisotopic (exact) mass is 411 g/mol. The zero-order valence-corrected chi connectivity index (χ0v) is 16.4. The number of nitrogens with zero attached hydrogens (tertiary/aromatic N) is 2. The molecule has 0 aliphatic heterocycles. The third-order valence-electron chi connectivity index (χ3n) is 4.13. The van der Waals surface area contributed by atoms with Gasteiger partial charge in [0, 0.05) is 38.2 Å².